The fraction of sp³-hybridized carbons (Fsp3) is 0.286. The molecule has 0 amide bonds. The minimum atomic E-state index is -4.36. The number of nitrogens with one attached hydrogen (secondary N) is 1. The quantitative estimate of drug-likeness (QED) is 0.140. The molecule has 4 atom stereocenters. The topological polar surface area (TPSA) is 170 Å². The smallest absolute Gasteiger partial charge is 0.395 e. The van der Waals surface area contributed by atoms with E-state index in [-0.39, 0.29) is 29.7 Å². The molecule has 15 heteroatoms. The molecule has 1 aliphatic heterocycles. The monoisotopic (exact) mass is 534 g/mol. The number of hydrogen-bond acceptors (Lipinski definition) is 9. The Morgan fingerprint density at radius 3 is 2.78 bits per heavy atom. The molecule has 2 aromatic heterocycles. The summed E-state index contributed by atoms with van der Waals surface area (Å²) in [5.74, 6) is 0.165. The van der Waals surface area contributed by atoms with Crippen LogP contribution in [0, 0.1) is 6.92 Å². The first-order valence-corrected chi connectivity index (χ1v) is 12.4. The van der Waals surface area contributed by atoms with Gasteiger partial charge in [-0.3, -0.25) is 18.9 Å². The van der Waals surface area contributed by atoms with E-state index in [4.69, 9.17) is 35.4 Å². The maximum absolute atomic E-state index is 13.6. The number of azide groups is 1. The van der Waals surface area contributed by atoms with Gasteiger partial charge in [-0.2, -0.15) is 0 Å². The number of phosphoric acid groups is 1. The van der Waals surface area contributed by atoms with Gasteiger partial charge in [0.2, 0.25) is 0 Å². The summed E-state index contributed by atoms with van der Waals surface area (Å²) in [7, 11) is -4.36. The van der Waals surface area contributed by atoms with Gasteiger partial charge in [-0.15, -0.1) is 0 Å². The van der Waals surface area contributed by atoms with Gasteiger partial charge in [0.1, 0.15) is 12.0 Å². The van der Waals surface area contributed by atoms with Crippen molar-refractivity contribution >= 4 is 19.4 Å². The number of phosphoric ester groups is 1. The minimum Gasteiger partial charge on any atom is -0.395 e. The standard InChI is InChI=1S/C21H20ClN6O7P/c1-13-11-28(21(30)25-20(13)29)18-10-15(26-27-23)17(33-18)12-32-36(31,34-14-6-3-2-4-7-14)35-16-8-5-9-24-19(16)22/h2-9,11,15,17-18H,10,12H2,1H3,(H,25,29,30)/t15-,17+,18+,36?/m0/s1. The van der Waals surface area contributed by atoms with Gasteiger partial charge in [0.25, 0.3) is 5.56 Å². The third-order valence-electron chi connectivity index (χ3n) is 5.15. The summed E-state index contributed by atoms with van der Waals surface area (Å²) >= 11 is 6.04. The molecule has 13 nitrogen and oxygen atoms in total. The second-order valence-electron chi connectivity index (χ2n) is 7.65. The minimum absolute atomic E-state index is 0.0366. The van der Waals surface area contributed by atoms with Crippen molar-refractivity contribution in [3.8, 4) is 11.5 Å². The molecule has 1 N–H and O–H groups in total. The molecule has 4 rings (SSSR count). The van der Waals surface area contributed by atoms with Gasteiger partial charge in [-0.1, -0.05) is 34.9 Å². The number of aryl methyl sites for hydroxylation is 1. The number of pyridine rings is 1. The molecule has 1 fully saturated rings. The van der Waals surface area contributed by atoms with Gasteiger partial charge < -0.3 is 13.8 Å². The van der Waals surface area contributed by atoms with Gasteiger partial charge in [-0.25, -0.2) is 14.3 Å². The van der Waals surface area contributed by atoms with Crippen LogP contribution in [0.25, 0.3) is 10.4 Å². The number of para-hydroxylation sites is 1. The summed E-state index contributed by atoms with van der Waals surface area (Å²) in [5.41, 5.74) is 8.08. The third-order valence-corrected chi connectivity index (χ3v) is 6.76. The van der Waals surface area contributed by atoms with Gasteiger partial charge >= 0.3 is 13.5 Å². The van der Waals surface area contributed by atoms with Crippen LogP contribution in [0.3, 0.4) is 0 Å². The Balaban J connectivity index is 1.57. The van der Waals surface area contributed by atoms with Crippen LogP contribution in [0.4, 0.5) is 0 Å². The van der Waals surface area contributed by atoms with Gasteiger partial charge in [0.05, 0.1) is 18.8 Å². The van der Waals surface area contributed by atoms with Crippen LogP contribution < -0.4 is 20.3 Å². The number of halogens is 1. The maximum Gasteiger partial charge on any atom is 0.587 e. The molecule has 0 saturated carbocycles. The van der Waals surface area contributed by atoms with Gasteiger partial charge in [0, 0.05) is 29.3 Å². The molecule has 0 radical (unpaired) electrons. The number of hydrogen-bond donors (Lipinski definition) is 1. The molecule has 3 heterocycles. The Hall–Kier alpha value is -3.60. The fourth-order valence-corrected chi connectivity index (χ4v) is 4.88. The Labute approximate surface area is 208 Å². The molecule has 1 aliphatic rings. The van der Waals surface area contributed by atoms with Crippen LogP contribution in [0.15, 0.2) is 69.6 Å². The molecular weight excluding hydrogens is 515 g/mol. The number of aromatic nitrogens is 3. The molecule has 0 spiro atoms. The van der Waals surface area contributed by atoms with Crippen molar-refractivity contribution < 1.29 is 22.9 Å². The van der Waals surface area contributed by atoms with Crippen molar-refractivity contribution in [3.63, 3.8) is 0 Å². The summed E-state index contributed by atoms with van der Waals surface area (Å²) < 4.78 is 37.3. The summed E-state index contributed by atoms with van der Waals surface area (Å²) in [6, 6.07) is 10.4. The van der Waals surface area contributed by atoms with Crippen molar-refractivity contribution in [3.05, 3.63) is 96.9 Å². The Bertz CT molecular complexity index is 1440. The SMILES string of the molecule is Cc1cn([C@H]2C[C@H](N=[N+]=[N-])[C@@H](COP(=O)(Oc3ccccc3)Oc3cccnc3Cl)O2)c(=O)[nH]c1=O. The van der Waals surface area contributed by atoms with Crippen LogP contribution in [0.2, 0.25) is 5.15 Å². The van der Waals surface area contributed by atoms with Crippen LogP contribution in [-0.2, 0) is 13.8 Å². The van der Waals surface area contributed by atoms with E-state index in [1.165, 1.54) is 36.0 Å². The van der Waals surface area contributed by atoms with Crippen molar-refractivity contribution in [2.45, 2.75) is 31.7 Å². The molecule has 1 aromatic carbocycles. The maximum atomic E-state index is 13.6. The van der Waals surface area contributed by atoms with Crippen LogP contribution in [-0.4, -0.2) is 33.3 Å². The van der Waals surface area contributed by atoms with Gasteiger partial charge in [0.15, 0.2) is 10.9 Å². The van der Waals surface area contributed by atoms with E-state index >= 15 is 0 Å². The predicted molar refractivity (Wildman–Crippen MR) is 128 cm³/mol. The van der Waals surface area contributed by atoms with Gasteiger partial charge in [-0.05, 0) is 36.7 Å². The number of ether oxygens (including phenoxy) is 1. The van der Waals surface area contributed by atoms with Crippen LogP contribution in [0.5, 0.6) is 11.5 Å². The first-order chi connectivity index (χ1) is 17.3. The lowest BCUT2D eigenvalue weighted by Crippen LogP contribution is -2.33. The van der Waals surface area contributed by atoms with E-state index in [1.54, 1.807) is 30.3 Å². The van der Waals surface area contributed by atoms with Crippen molar-refractivity contribution in [2.24, 2.45) is 5.11 Å². The first-order valence-electron chi connectivity index (χ1n) is 10.6. The number of aromatic amines is 1. The summed E-state index contributed by atoms with van der Waals surface area (Å²) in [6.45, 7) is 1.15. The fourth-order valence-electron chi connectivity index (χ4n) is 3.43. The zero-order valence-corrected chi connectivity index (χ0v) is 20.4. The second kappa shape index (κ2) is 11.0. The lowest BCUT2D eigenvalue weighted by atomic mass is 10.1. The highest BCUT2D eigenvalue weighted by atomic mass is 35.5. The van der Waals surface area contributed by atoms with Crippen molar-refractivity contribution in [2.75, 3.05) is 6.61 Å². The van der Waals surface area contributed by atoms with Crippen LogP contribution >= 0.6 is 19.4 Å². The van der Waals surface area contributed by atoms with E-state index in [9.17, 15) is 14.2 Å². The summed E-state index contributed by atoms with van der Waals surface area (Å²) in [4.78, 5) is 32.9. The Morgan fingerprint density at radius 1 is 1.28 bits per heavy atom. The van der Waals surface area contributed by atoms with E-state index in [2.05, 4.69) is 20.0 Å². The molecule has 1 unspecified atom stereocenters. The number of benzene rings is 1. The molecule has 0 bridgehead atoms. The van der Waals surface area contributed by atoms with E-state index in [1.807, 2.05) is 0 Å². The summed E-state index contributed by atoms with van der Waals surface area (Å²) in [5, 5.41) is 3.66. The molecule has 0 aliphatic carbocycles. The summed E-state index contributed by atoms with van der Waals surface area (Å²) in [6.07, 6.45) is 1.07. The lowest BCUT2D eigenvalue weighted by molar-refractivity contribution is -0.0260. The second-order valence-corrected chi connectivity index (χ2v) is 9.52. The molecule has 36 heavy (non-hydrogen) atoms. The third kappa shape index (κ3) is 5.96. The largest absolute Gasteiger partial charge is 0.587 e. The molecule has 1 saturated heterocycles. The zero-order valence-electron chi connectivity index (χ0n) is 18.8. The highest BCUT2D eigenvalue weighted by Gasteiger charge is 2.40. The average Bonchev–Trinajstić information content (AvgIpc) is 3.25. The predicted octanol–water partition coefficient (Wildman–Crippen LogP) is 4.14. The highest BCUT2D eigenvalue weighted by Crippen LogP contribution is 2.51. The van der Waals surface area contributed by atoms with Crippen molar-refractivity contribution in [1.29, 1.82) is 0 Å². The lowest BCUT2D eigenvalue weighted by Gasteiger charge is -2.22. The molecule has 188 valence electrons. The number of nitrogens with zero attached hydrogens (tertiary/aromatic N) is 5. The van der Waals surface area contributed by atoms with Crippen LogP contribution in [0.1, 0.15) is 18.2 Å². The van der Waals surface area contributed by atoms with E-state index in [0.29, 0.717) is 5.56 Å². The zero-order chi connectivity index (χ0) is 25.7. The van der Waals surface area contributed by atoms with E-state index < -0.39 is 37.4 Å². The highest BCUT2D eigenvalue weighted by molar-refractivity contribution is 7.49. The average molecular weight is 535 g/mol. The Morgan fingerprint density at radius 2 is 2.06 bits per heavy atom. The Kier molecular flexibility index (Phi) is 7.78. The molecule has 3 aromatic rings. The normalized spacial score (nSPS) is 20.8. The first kappa shape index (κ1) is 25.5. The number of rotatable bonds is 9. The molecular formula is C21H20ClN6O7P. The van der Waals surface area contributed by atoms with Crippen molar-refractivity contribution in [1.82, 2.24) is 14.5 Å². The van der Waals surface area contributed by atoms with E-state index in [0.717, 1.165) is 0 Å². The number of H-pyrrole nitrogens is 1.